The first-order valence-electron chi connectivity index (χ1n) is 5.56. The molecule has 0 unspecified atom stereocenters. The molecule has 0 aliphatic rings. The minimum Gasteiger partial charge on any atom is -0.495 e. The monoisotopic (exact) mass is 291 g/mol. The molecule has 4 nitrogen and oxygen atoms in total. The number of nitrogens with two attached hydrogens (primary N) is 1. The Morgan fingerprint density at radius 3 is 2.89 bits per heavy atom. The fraction of sp³-hybridized carbons (Fsp3) is 0.231. The maximum atomic E-state index is 8.93. The Bertz CT molecular complexity index is 631. The molecule has 2 N–H and O–H groups in total. The van der Waals surface area contributed by atoms with Crippen molar-refractivity contribution < 1.29 is 4.74 Å². The van der Waals surface area contributed by atoms with E-state index in [1.807, 2.05) is 19.1 Å². The molecule has 98 valence electrons. The van der Waals surface area contributed by atoms with Crippen LogP contribution < -0.4 is 10.5 Å². The molecule has 0 spiro atoms. The van der Waals surface area contributed by atoms with Gasteiger partial charge in [-0.2, -0.15) is 5.26 Å². The van der Waals surface area contributed by atoms with Crippen molar-refractivity contribution in [2.45, 2.75) is 16.9 Å². The summed E-state index contributed by atoms with van der Waals surface area (Å²) >= 11 is 3.19. The minimum absolute atomic E-state index is 0.550. The zero-order valence-electron chi connectivity index (χ0n) is 10.6. The van der Waals surface area contributed by atoms with Crippen LogP contribution >= 0.6 is 23.1 Å². The van der Waals surface area contributed by atoms with Crippen molar-refractivity contribution in [3.8, 4) is 11.8 Å². The van der Waals surface area contributed by atoms with Crippen LogP contribution in [0.25, 0.3) is 0 Å². The number of methoxy groups -OCH3 is 1. The summed E-state index contributed by atoms with van der Waals surface area (Å²) in [4.78, 5) is 4.19. The first-order valence-corrected chi connectivity index (χ1v) is 7.37. The molecular weight excluding hydrogens is 278 g/mol. The van der Waals surface area contributed by atoms with Gasteiger partial charge in [0.05, 0.1) is 22.6 Å². The van der Waals surface area contributed by atoms with Crippen LogP contribution in [0.1, 0.15) is 16.8 Å². The first kappa shape index (κ1) is 13.7. The van der Waals surface area contributed by atoms with Gasteiger partial charge in [0.1, 0.15) is 11.8 Å². The number of aryl methyl sites for hydroxylation is 1. The SMILES string of the molecule is COc1cc(CSc2sc(N)nc2C)ccc1C#N. The molecule has 0 saturated carbocycles. The van der Waals surface area contributed by atoms with E-state index in [4.69, 9.17) is 15.7 Å². The van der Waals surface area contributed by atoms with E-state index in [9.17, 15) is 0 Å². The summed E-state index contributed by atoms with van der Waals surface area (Å²) in [7, 11) is 1.57. The predicted octanol–water partition coefficient (Wildman–Crippen LogP) is 3.21. The van der Waals surface area contributed by atoms with Gasteiger partial charge in [0, 0.05) is 5.75 Å². The minimum atomic E-state index is 0.550. The predicted molar refractivity (Wildman–Crippen MR) is 78.5 cm³/mol. The van der Waals surface area contributed by atoms with Gasteiger partial charge in [-0.15, -0.1) is 11.8 Å². The molecule has 1 aromatic heterocycles. The van der Waals surface area contributed by atoms with Crippen molar-refractivity contribution in [3.05, 3.63) is 35.0 Å². The number of nitriles is 1. The molecule has 0 atom stereocenters. The summed E-state index contributed by atoms with van der Waals surface area (Å²) in [6.45, 7) is 1.95. The van der Waals surface area contributed by atoms with E-state index >= 15 is 0 Å². The van der Waals surface area contributed by atoms with Gasteiger partial charge in [-0.05, 0) is 24.6 Å². The topological polar surface area (TPSA) is 71.9 Å². The smallest absolute Gasteiger partial charge is 0.181 e. The molecule has 19 heavy (non-hydrogen) atoms. The van der Waals surface area contributed by atoms with Crippen LogP contribution in [0.4, 0.5) is 5.13 Å². The van der Waals surface area contributed by atoms with Crippen molar-refractivity contribution in [2.24, 2.45) is 0 Å². The molecule has 1 aromatic carbocycles. The number of nitrogen functional groups attached to an aromatic ring is 1. The molecule has 2 rings (SSSR count). The van der Waals surface area contributed by atoms with Gasteiger partial charge < -0.3 is 10.5 Å². The molecule has 0 fully saturated rings. The van der Waals surface area contributed by atoms with Gasteiger partial charge in [-0.3, -0.25) is 0 Å². The molecular formula is C13H13N3OS2. The second-order valence-electron chi connectivity index (χ2n) is 3.86. The highest BCUT2D eigenvalue weighted by Gasteiger charge is 2.08. The number of aromatic nitrogens is 1. The highest BCUT2D eigenvalue weighted by atomic mass is 32.2. The van der Waals surface area contributed by atoms with Crippen molar-refractivity contribution in [1.29, 1.82) is 5.26 Å². The van der Waals surface area contributed by atoms with E-state index in [0.717, 1.165) is 21.2 Å². The quantitative estimate of drug-likeness (QED) is 0.876. The lowest BCUT2D eigenvalue weighted by Gasteiger charge is -2.05. The third kappa shape index (κ3) is 3.19. The maximum absolute atomic E-state index is 8.93. The van der Waals surface area contributed by atoms with Gasteiger partial charge in [0.25, 0.3) is 0 Å². The highest BCUT2D eigenvalue weighted by Crippen LogP contribution is 2.33. The van der Waals surface area contributed by atoms with Crippen LogP contribution in [0.5, 0.6) is 5.75 Å². The van der Waals surface area contributed by atoms with Crippen molar-refractivity contribution in [1.82, 2.24) is 4.98 Å². The fourth-order valence-corrected chi connectivity index (χ4v) is 3.57. The number of hydrogen-bond donors (Lipinski definition) is 1. The Morgan fingerprint density at radius 1 is 1.53 bits per heavy atom. The molecule has 0 saturated heterocycles. The number of nitrogens with zero attached hydrogens (tertiary/aromatic N) is 2. The average molecular weight is 291 g/mol. The van der Waals surface area contributed by atoms with Crippen LogP contribution in [0.15, 0.2) is 22.4 Å². The van der Waals surface area contributed by atoms with Crippen LogP contribution in [-0.2, 0) is 5.75 Å². The molecule has 0 amide bonds. The second-order valence-corrected chi connectivity index (χ2v) is 6.13. The molecule has 0 aliphatic carbocycles. The fourth-order valence-electron chi connectivity index (χ4n) is 1.60. The summed E-state index contributed by atoms with van der Waals surface area (Å²) in [6, 6.07) is 7.72. The number of thioether (sulfide) groups is 1. The highest BCUT2D eigenvalue weighted by molar-refractivity contribution is 8.00. The van der Waals surface area contributed by atoms with E-state index in [2.05, 4.69) is 11.1 Å². The lowest BCUT2D eigenvalue weighted by molar-refractivity contribution is 0.413. The van der Waals surface area contributed by atoms with Gasteiger partial charge in [-0.1, -0.05) is 17.4 Å². The van der Waals surface area contributed by atoms with Gasteiger partial charge >= 0.3 is 0 Å². The number of ether oxygens (including phenoxy) is 1. The molecule has 0 radical (unpaired) electrons. The summed E-state index contributed by atoms with van der Waals surface area (Å²) in [5.74, 6) is 1.41. The van der Waals surface area contributed by atoms with Crippen molar-refractivity contribution >= 4 is 28.2 Å². The Labute approximate surface area is 120 Å². The standard InChI is InChI=1S/C13H13N3OS2/c1-8-12(19-13(15)16-8)18-7-9-3-4-10(6-14)11(5-9)17-2/h3-5H,7H2,1-2H3,(H2,15,16). The van der Waals surface area contributed by atoms with E-state index in [1.54, 1.807) is 24.9 Å². The van der Waals surface area contributed by atoms with Crippen LogP contribution in [0, 0.1) is 18.3 Å². The number of hydrogen-bond acceptors (Lipinski definition) is 6. The number of anilines is 1. The number of benzene rings is 1. The first-order chi connectivity index (χ1) is 9.13. The molecule has 0 bridgehead atoms. The Kier molecular flexibility index (Phi) is 4.30. The molecule has 2 aromatic rings. The van der Waals surface area contributed by atoms with Gasteiger partial charge in [0.15, 0.2) is 5.13 Å². The zero-order valence-corrected chi connectivity index (χ0v) is 12.3. The van der Waals surface area contributed by atoms with E-state index in [1.165, 1.54) is 11.3 Å². The zero-order chi connectivity index (χ0) is 13.8. The van der Waals surface area contributed by atoms with E-state index in [0.29, 0.717) is 16.4 Å². The van der Waals surface area contributed by atoms with Crippen molar-refractivity contribution in [3.63, 3.8) is 0 Å². The summed E-state index contributed by atoms with van der Waals surface area (Å²) < 4.78 is 6.32. The molecule has 6 heteroatoms. The average Bonchev–Trinajstić information content (AvgIpc) is 2.74. The van der Waals surface area contributed by atoms with Crippen LogP contribution in [0.2, 0.25) is 0 Å². The normalized spacial score (nSPS) is 10.2. The largest absolute Gasteiger partial charge is 0.495 e. The van der Waals surface area contributed by atoms with Crippen LogP contribution in [0.3, 0.4) is 0 Å². The van der Waals surface area contributed by atoms with Crippen LogP contribution in [-0.4, -0.2) is 12.1 Å². The number of thiazole rings is 1. The lowest BCUT2D eigenvalue weighted by atomic mass is 10.1. The molecule has 0 aliphatic heterocycles. The number of rotatable bonds is 4. The van der Waals surface area contributed by atoms with E-state index in [-0.39, 0.29) is 0 Å². The Balaban J connectivity index is 2.12. The van der Waals surface area contributed by atoms with Gasteiger partial charge in [-0.25, -0.2) is 4.98 Å². The Morgan fingerprint density at radius 2 is 2.32 bits per heavy atom. The third-order valence-corrected chi connectivity index (χ3v) is 4.95. The summed E-state index contributed by atoms with van der Waals surface area (Å²) in [5, 5.41) is 9.53. The lowest BCUT2D eigenvalue weighted by Crippen LogP contribution is -1.90. The summed E-state index contributed by atoms with van der Waals surface area (Å²) in [5.41, 5.74) is 8.29. The summed E-state index contributed by atoms with van der Waals surface area (Å²) in [6.07, 6.45) is 0. The van der Waals surface area contributed by atoms with Gasteiger partial charge in [0.2, 0.25) is 0 Å². The molecule has 1 heterocycles. The Hall–Kier alpha value is -1.71. The maximum Gasteiger partial charge on any atom is 0.181 e. The van der Waals surface area contributed by atoms with E-state index < -0.39 is 0 Å². The van der Waals surface area contributed by atoms with Crippen molar-refractivity contribution in [2.75, 3.05) is 12.8 Å². The second kappa shape index (κ2) is 5.95. The third-order valence-electron chi connectivity index (χ3n) is 2.53.